The van der Waals surface area contributed by atoms with Crippen molar-refractivity contribution < 1.29 is 27.2 Å². The first-order chi connectivity index (χ1) is 13.8. The Bertz CT molecular complexity index is 557. The predicted octanol–water partition coefficient (Wildman–Crippen LogP) is 5.61. The molecule has 0 saturated heterocycles. The molecule has 29 heavy (non-hydrogen) atoms. The van der Waals surface area contributed by atoms with Crippen molar-refractivity contribution in [3.8, 4) is 0 Å². The molecule has 4 aliphatic rings. The maximum atomic E-state index is 13.7. The highest BCUT2D eigenvalue weighted by Gasteiger charge is 2.54. The Balaban J connectivity index is 1.84. The van der Waals surface area contributed by atoms with Crippen molar-refractivity contribution in [1.29, 1.82) is 0 Å². The summed E-state index contributed by atoms with van der Waals surface area (Å²) >= 11 is 0. The lowest BCUT2D eigenvalue weighted by molar-refractivity contribution is -0.0513. The fourth-order valence-corrected chi connectivity index (χ4v) is 11.3. The van der Waals surface area contributed by atoms with Gasteiger partial charge in [0.25, 0.3) is 0 Å². The summed E-state index contributed by atoms with van der Waals surface area (Å²) in [5.74, 6) is 2.41. The van der Waals surface area contributed by atoms with Crippen molar-refractivity contribution in [2.75, 3.05) is 33.0 Å². The summed E-state index contributed by atoms with van der Waals surface area (Å²) in [7, 11) is -7.49. The van der Waals surface area contributed by atoms with Crippen LogP contribution in [-0.4, -0.2) is 38.5 Å². The molecular weight excluding hydrogens is 412 g/mol. The van der Waals surface area contributed by atoms with Crippen LogP contribution in [0.3, 0.4) is 0 Å². The topological polar surface area (TPSA) is 83.1 Å². The van der Waals surface area contributed by atoms with E-state index < -0.39 is 20.7 Å². The molecule has 4 rings (SSSR count). The van der Waals surface area contributed by atoms with Crippen LogP contribution in [0.2, 0.25) is 0 Å². The zero-order valence-electron chi connectivity index (χ0n) is 18.4. The summed E-state index contributed by atoms with van der Waals surface area (Å²) in [6.07, 6.45) is 7.65. The van der Waals surface area contributed by atoms with Crippen LogP contribution in [0, 0.1) is 23.2 Å². The molecule has 0 spiro atoms. The molecule has 0 aliphatic heterocycles. The van der Waals surface area contributed by atoms with E-state index in [0.29, 0.717) is 6.54 Å². The summed E-state index contributed by atoms with van der Waals surface area (Å²) in [5, 5.41) is 3.37. The van der Waals surface area contributed by atoms with Crippen molar-refractivity contribution in [2.24, 2.45) is 23.2 Å². The van der Waals surface area contributed by atoms with Gasteiger partial charge in [-0.25, -0.2) is 0 Å². The Morgan fingerprint density at radius 2 is 1.10 bits per heavy atom. The maximum Gasteiger partial charge on any atom is 0.359 e. The van der Waals surface area contributed by atoms with E-state index in [1.54, 1.807) is 27.7 Å². The van der Waals surface area contributed by atoms with Gasteiger partial charge in [0.1, 0.15) is 0 Å². The molecule has 4 saturated carbocycles. The minimum absolute atomic E-state index is 0.180. The fourth-order valence-electron chi connectivity index (χ4n) is 6.29. The fraction of sp³-hybridized carbons (Fsp3) is 1.00. The van der Waals surface area contributed by atoms with Crippen LogP contribution in [0.15, 0.2) is 0 Å². The number of hydrogen-bond acceptors (Lipinski definition) is 7. The third-order valence-electron chi connectivity index (χ3n) is 6.66. The SMILES string of the molecule is CCOP(=O)(OCC)C(NCC12CC3CC(CC(C3)C1)C2)P(=O)(OCC)OCC. The number of hydrogen-bond donors (Lipinski definition) is 1. The Labute approximate surface area is 176 Å². The van der Waals surface area contributed by atoms with Crippen LogP contribution < -0.4 is 5.32 Å². The van der Waals surface area contributed by atoms with Crippen molar-refractivity contribution in [3.05, 3.63) is 0 Å². The minimum Gasteiger partial charge on any atom is -0.307 e. The van der Waals surface area contributed by atoms with Gasteiger partial charge in [0.05, 0.1) is 26.4 Å². The Morgan fingerprint density at radius 1 is 0.759 bits per heavy atom. The molecule has 4 aliphatic carbocycles. The Kier molecular flexibility index (Phi) is 8.09. The van der Waals surface area contributed by atoms with Crippen molar-refractivity contribution in [1.82, 2.24) is 5.32 Å². The first-order valence-corrected chi connectivity index (χ1v) is 14.5. The molecular formula is C20H39NO6P2. The Morgan fingerprint density at radius 3 is 1.41 bits per heavy atom. The molecule has 0 aromatic rings. The van der Waals surface area contributed by atoms with Gasteiger partial charge in [0.2, 0.25) is 5.52 Å². The monoisotopic (exact) mass is 451 g/mol. The van der Waals surface area contributed by atoms with E-state index >= 15 is 0 Å². The van der Waals surface area contributed by atoms with E-state index in [2.05, 4.69) is 5.32 Å². The number of nitrogens with one attached hydrogen (secondary N) is 1. The minimum atomic E-state index is -3.74. The zero-order valence-corrected chi connectivity index (χ0v) is 20.2. The highest BCUT2D eigenvalue weighted by Crippen LogP contribution is 2.69. The summed E-state index contributed by atoms with van der Waals surface area (Å²) in [5.41, 5.74) is -0.928. The summed E-state index contributed by atoms with van der Waals surface area (Å²) in [4.78, 5) is 0. The van der Waals surface area contributed by atoms with E-state index in [4.69, 9.17) is 18.1 Å². The smallest absolute Gasteiger partial charge is 0.307 e. The molecule has 0 radical (unpaired) electrons. The normalized spacial score (nSPS) is 31.7. The van der Waals surface area contributed by atoms with Gasteiger partial charge < -0.3 is 18.1 Å². The number of rotatable bonds is 13. The average molecular weight is 451 g/mol. The molecule has 1 N–H and O–H groups in total. The second-order valence-electron chi connectivity index (χ2n) is 8.92. The van der Waals surface area contributed by atoms with Crippen LogP contribution in [0.1, 0.15) is 66.2 Å². The maximum absolute atomic E-state index is 13.7. The van der Waals surface area contributed by atoms with Crippen LogP contribution in [0.4, 0.5) is 0 Å². The lowest BCUT2D eigenvalue weighted by Gasteiger charge is -2.57. The van der Waals surface area contributed by atoms with E-state index in [1.165, 1.54) is 38.5 Å². The van der Waals surface area contributed by atoms with Gasteiger partial charge in [0, 0.05) is 6.54 Å². The van der Waals surface area contributed by atoms with Gasteiger partial charge in [-0.1, -0.05) is 0 Å². The molecule has 0 amide bonds. The van der Waals surface area contributed by atoms with E-state index in [1.807, 2.05) is 0 Å². The highest BCUT2D eigenvalue weighted by atomic mass is 31.2. The van der Waals surface area contributed by atoms with Crippen molar-refractivity contribution in [3.63, 3.8) is 0 Å². The average Bonchev–Trinajstić information content (AvgIpc) is 2.61. The quantitative estimate of drug-likeness (QED) is 0.365. The second-order valence-corrected chi connectivity index (χ2v) is 13.6. The van der Waals surface area contributed by atoms with Gasteiger partial charge in [-0.05, 0) is 89.4 Å². The van der Waals surface area contributed by atoms with Crippen LogP contribution in [0.5, 0.6) is 0 Å². The molecule has 7 nitrogen and oxygen atoms in total. The van der Waals surface area contributed by atoms with Gasteiger partial charge in [0.15, 0.2) is 0 Å². The molecule has 0 aromatic carbocycles. The van der Waals surface area contributed by atoms with Crippen LogP contribution in [-0.2, 0) is 27.2 Å². The summed E-state index contributed by atoms with van der Waals surface area (Å²) in [6.45, 7) is 8.48. The van der Waals surface area contributed by atoms with Crippen molar-refractivity contribution >= 4 is 15.2 Å². The zero-order chi connectivity index (χ0) is 21.1. The molecule has 0 unspecified atom stereocenters. The lowest BCUT2D eigenvalue weighted by atomic mass is 9.49. The molecule has 0 aromatic heterocycles. The first-order valence-electron chi connectivity index (χ1n) is 11.3. The highest BCUT2D eigenvalue weighted by molar-refractivity contribution is 7.72. The molecule has 4 bridgehead atoms. The van der Waals surface area contributed by atoms with Gasteiger partial charge in [-0.15, -0.1) is 0 Å². The molecule has 0 heterocycles. The largest absolute Gasteiger partial charge is 0.359 e. The van der Waals surface area contributed by atoms with Crippen LogP contribution >= 0.6 is 15.2 Å². The summed E-state index contributed by atoms with van der Waals surface area (Å²) < 4.78 is 49.7. The van der Waals surface area contributed by atoms with Gasteiger partial charge in [-0.3, -0.25) is 14.4 Å². The second kappa shape index (κ2) is 9.81. The standard InChI is InChI=1S/C20H39NO6P2/c1-5-24-28(22,25-6-2)19(29(23,26-7-3)27-8-4)21-15-20-12-16-9-17(13-20)11-18(10-16)14-20/h16-19,21H,5-15H2,1-4H3. The van der Waals surface area contributed by atoms with Gasteiger partial charge in [-0.2, -0.15) is 0 Å². The van der Waals surface area contributed by atoms with Crippen LogP contribution in [0.25, 0.3) is 0 Å². The van der Waals surface area contributed by atoms with E-state index in [0.717, 1.165) is 17.8 Å². The molecule has 9 heteroatoms. The molecule has 170 valence electrons. The van der Waals surface area contributed by atoms with E-state index in [9.17, 15) is 9.13 Å². The first kappa shape index (κ1) is 23.9. The Hall–Kier alpha value is 0.260. The predicted molar refractivity (Wildman–Crippen MR) is 114 cm³/mol. The third-order valence-corrected chi connectivity index (χ3v) is 12.4. The lowest BCUT2D eigenvalue weighted by Crippen LogP contribution is -2.51. The van der Waals surface area contributed by atoms with Crippen molar-refractivity contribution in [2.45, 2.75) is 71.7 Å². The molecule has 0 atom stereocenters. The van der Waals surface area contributed by atoms with E-state index in [-0.39, 0.29) is 31.8 Å². The summed E-state index contributed by atoms with van der Waals surface area (Å²) in [6, 6.07) is 0. The third kappa shape index (κ3) is 5.19. The molecule has 4 fully saturated rings. The van der Waals surface area contributed by atoms with Gasteiger partial charge >= 0.3 is 15.2 Å².